The Morgan fingerprint density at radius 1 is 1.14 bits per heavy atom. The summed E-state index contributed by atoms with van der Waals surface area (Å²) in [6.45, 7) is 4.37. The second-order valence-corrected chi connectivity index (χ2v) is 8.50. The molecule has 0 aromatic carbocycles. The van der Waals surface area contributed by atoms with E-state index >= 15 is 0 Å². The molecule has 0 aromatic heterocycles. The number of nitrogens with one attached hydrogen (secondary N) is 1. The van der Waals surface area contributed by atoms with Gasteiger partial charge in [0.2, 0.25) is 10.0 Å². The van der Waals surface area contributed by atoms with Gasteiger partial charge in [-0.2, -0.15) is 0 Å². The van der Waals surface area contributed by atoms with Crippen molar-refractivity contribution in [3.05, 3.63) is 0 Å². The number of rotatable bonds is 5. The Balaban J connectivity index is 4.59. The zero-order valence-electron chi connectivity index (χ0n) is 8.86. The van der Waals surface area contributed by atoms with Crippen molar-refractivity contribution in [2.24, 2.45) is 0 Å². The average molecular weight is 243 g/mol. The fraction of sp³-hybridized carbons (Fsp3) is 1.00. The highest BCUT2D eigenvalue weighted by Crippen LogP contribution is 2.13. The first-order valence-electron chi connectivity index (χ1n) is 4.19. The van der Waals surface area contributed by atoms with Crippen LogP contribution in [-0.2, 0) is 19.9 Å². The zero-order chi connectivity index (χ0) is 11.6. The van der Waals surface area contributed by atoms with Crippen LogP contribution in [-0.4, -0.2) is 40.1 Å². The molecule has 0 bridgehead atoms. The molecule has 0 fully saturated rings. The zero-order valence-corrected chi connectivity index (χ0v) is 10.5. The van der Waals surface area contributed by atoms with E-state index in [0.29, 0.717) is 0 Å². The maximum atomic E-state index is 11.2. The summed E-state index contributed by atoms with van der Waals surface area (Å²) in [5.41, 5.74) is 0. The third kappa shape index (κ3) is 3.93. The smallest absolute Gasteiger partial charge is 0.211 e. The molecular formula is C7H17NO4S2. The first-order valence-corrected chi connectivity index (χ1v) is 7.73. The van der Waals surface area contributed by atoms with Crippen molar-refractivity contribution in [3.63, 3.8) is 0 Å². The van der Waals surface area contributed by atoms with Crippen LogP contribution in [0.4, 0.5) is 0 Å². The number of hydrogen-bond acceptors (Lipinski definition) is 4. The standard InChI is InChI=1S/C7H17NO4S2/c1-5-14(11,12)8-6-7(2,3)13(4,9)10/h8H,5-6H2,1-4H3. The van der Waals surface area contributed by atoms with E-state index < -0.39 is 24.6 Å². The SMILES string of the molecule is CCS(=O)(=O)NCC(C)(C)S(C)(=O)=O. The Morgan fingerprint density at radius 3 is 1.86 bits per heavy atom. The third-order valence-electron chi connectivity index (χ3n) is 2.10. The molecule has 0 aromatic rings. The molecule has 0 rings (SSSR count). The Kier molecular flexibility index (Phi) is 4.12. The number of sulfone groups is 1. The highest BCUT2D eigenvalue weighted by Gasteiger charge is 2.31. The minimum Gasteiger partial charge on any atom is -0.229 e. The summed E-state index contributed by atoms with van der Waals surface area (Å²) in [5.74, 6) is -0.0488. The summed E-state index contributed by atoms with van der Waals surface area (Å²) in [6, 6.07) is 0. The summed E-state index contributed by atoms with van der Waals surface area (Å²) in [5, 5.41) is 0. The molecule has 0 aliphatic rings. The molecule has 14 heavy (non-hydrogen) atoms. The molecule has 0 spiro atoms. The van der Waals surface area contributed by atoms with Gasteiger partial charge in [-0.15, -0.1) is 0 Å². The van der Waals surface area contributed by atoms with Crippen LogP contribution in [0.3, 0.4) is 0 Å². The van der Waals surface area contributed by atoms with E-state index in [9.17, 15) is 16.8 Å². The van der Waals surface area contributed by atoms with Crippen LogP contribution in [0.2, 0.25) is 0 Å². The van der Waals surface area contributed by atoms with E-state index in [4.69, 9.17) is 0 Å². The van der Waals surface area contributed by atoms with Gasteiger partial charge >= 0.3 is 0 Å². The molecular weight excluding hydrogens is 226 g/mol. The van der Waals surface area contributed by atoms with Gasteiger partial charge in [0.25, 0.3) is 0 Å². The van der Waals surface area contributed by atoms with E-state index in [0.717, 1.165) is 6.26 Å². The Hall–Kier alpha value is -0.140. The summed E-state index contributed by atoms with van der Waals surface area (Å²) >= 11 is 0. The van der Waals surface area contributed by atoms with E-state index in [-0.39, 0.29) is 12.3 Å². The van der Waals surface area contributed by atoms with Crippen LogP contribution >= 0.6 is 0 Å². The Morgan fingerprint density at radius 2 is 1.57 bits per heavy atom. The van der Waals surface area contributed by atoms with Gasteiger partial charge < -0.3 is 0 Å². The minimum absolute atomic E-state index is 0.0488. The molecule has 0 saturated heterocycles. The van der Waals surface area contributed by atoms with Crippen LogP contribution in [0.15, 0.2) is 0 Å². The van der Waals surface area contributed by atoms with Crippen molar-refractivity contribution in [2.45, 2.75) is 25.5 Å². The van der Waals surface area contributed by atoms with Gasteiger partial charge in [-0.3, -0.25) is 0 Å². The second-order valence-electron chi connectivity index (χ2n) is 3.76. The van der Waals surface area contributed by atoms with Crippen molar-refractivity contribution < 1.29 is 16.8 Å². The molecule has 1 N–H and O–H groups in total. The molecule has 5 nitrogen and oxygen atoms in total. The third-order valence-corrected chi connectivity index (χ3v) is 5.60. The van der Waals surface area contributed by atoms with Gasteiger partial charge in [-0.25, -0.2) is 21.6 Å². The van der Waals surface area contributed by atoms with Gasteiger partial charge in [-0.1, -0.05) is 0 Å². The quantitative estimate of drug-likeness (QED) is 0.722. The normalized spacial score (nSPS) is 14.3. The molecule has 0 atom stereocenters. The van der Waals surface area contributed by atoms with Gasteiger partial charge in [0.05, 0.1) is 10.5 Å². The first kappa shape index (κ1) is 13.9. The topological polar surface area (TPSA) is 80.3 Å². The van der Waals surface area contributed by atoms with Crippen LogP contribution in [0.5, 0.6) is 0 Å². The Bertz CT molecular complexity index is 380. The van der Waals surface area contributed by atoms with Crippen molar-refractivity contribution >= 4 is 19.9 Å². The lowest BCUT2D eigenvalue weighted by atomic mass is 10.2. The lowest BCUT2D eigenvalue weighted by Gasteiger charge is -2.22. The summed E-state index contributed by atoms with van der Waals surface area (Å²) in [6.07, 6.45) is 1.09. The van der Waals surface area contributed by atoms with E-state index in [1.54, 1.807) is 0 Å². The maximum absolute atomic E-state index is 11.2. The van der Waals surface area contributed by atoms with Crippen LogP contribution in [0, 0.1) is 0 Å². The van der Waals surface area contributed by atoms with Gasteiger partial charge in [-0.05, 0) is 20.8 Å². The summed E-state index contributed by atoms with van der Waals surface area (Å²) in [4.78, 5) is 0. The molecule has 86 valence electrons. The van der Waals surface area contributed by atoms with Crippen LogP contribution in [0.1, 0.15) is 20.8 Å². The molecule has 0 unspecified atom stereocenters. The van der Waals surface area contributed by atoms with E-state index in [2.05, 4.69) is 4.72 Å². The maximum Gasteiger partial charge on any atom is 0.211 e. The van der Waals surface area contributed by atoms with Gasteiger partial charge in [0.15, 0.2) is 9.84 Å². The van der Waals surface area contributed by atoms with Gasteiger partial charge in [0, 0.05) is 12.8 Å². The lowest BCUT2D eigenvalue weighted by molar-refractivity contribution is 0.537. The molecule has 7 heteroatoms. The predicted molar refractivity (Wildman–Crippen MR) is 56.4 cm³/mol. The van der Waals surface area contributed by atoms with Crippen molar-refractivity contribution in [2.75, 3.05) is 18.6 Å². The molecule has 0 aliphatic carbocycles. The van der Waals surface area contributed by atoms with E-state index in [1.165, 1.54) is 20.8 Å². The van der Waals surface area contributed by atoms with Crippen LogP contribution in [0.25, 0.3) is 0 Å². The van der Waals surface area contributed by atoms with Crippen LogP contribution < -0.4 is 4.72 Å². The molecule has 0 radical (unpaired) electrons. The average Bonchev–Trinajstić information content (AvgIpc) is 1.99. The van der Waals surface area contributed by atoms with Gasteiger partial charge in [0.1, 0.15) is 0 Å². The largest absolute Gasteiger partial charge is 0.229 e. The molecule has 0 amide bonds. The lowest BCUT2D eigenvalue weighted by Crippen LogP contribution is -2.44. The fourth-order valence-corrected chi connectivity index (χ4v) is 1.73. The fourth-order valence-electron chi connectivity index (χ4n) is 0.517. The number of hydrogen-bond donors (Lipinski definition) is 1. The summed E-state index contributed by atoms with van der Waals surface area (Å²) in [7, 11) is -6.59. The van der Waals surface area contributed by atoms with E-state index in [1.807, 2.05) is 0 Å². The van der Waals surface area contributed by atoms with Crippen molar-refractivity contribution in [1.29, 1.82) is 0 Å². The molecule has 0 saturated carbocycles. The highest BCUT2D eigenvalue weighted by molar-refractivity contribution is 7.92. The Labute approximate surface area is 85.9 Å². The molecule has 0 heterocycles. The highest BCUT2D eigenvalue weighted by atomic mass is 32.2. The van der Waals surface area contributed by atoms with Crippen molar-refractivity contribution in [3.8, 4) is 0 Å². The molecule has 0 aliphatic heterocycles. The monoisotopic (exact) mass is 243 g/mol. The minimum atomic E-state index is -3.33. The van der Waals surface area contributed by atoms with Crippen molar-refractivity contribution in [1.82, 2.24) is 4.72 Å². The predicted octanol–water partition coefficient (Wildman–Crippen LogP) is -0.251. The second kappa shape index (κ2) is 4.16. The first-order chi connectivity index (χ1) is 6.02. The number of sulfonamides is 1. The summed E-state index contributed by atoms with van der Waals surface area (Å²) < 4.78 is 45.8.